The van der Waals surface area contributed by atoms with E-state index in [9.17, 15) is 27.2 Å². The molecule has 1 saturated heterocycles. The normalized spacial score (nSPS) is 18.2. The minimum absolute atomic E-state index is 0.0234. The van der Waals surface area contributed by atoms with Crippen molar-refractivity contribution in [1.29, 1.82) is 0 Å². The van der Waals surface area contributed by atoms with Crippen LogP contribution in [0.15, 0.2) is 22.6 Å². The summed E-state index contributed by atoms with van der Waals surface area (Å²) in [6.07, 6.45) is -6.25. The first-order valence-corrected chi connectivity index (χ1v) is 14.2. The number of alkyl halides is 3. The van der Waals surface area contributed by atoms with E-state index in [1.807, 2.05) is 0 Å². The van der Waals surface area contributed by atoms with Crippen LogP contribution in [0.1, 0.15) is 45.5 Å². The molecule has 1 aromatic heterocycles. The number of nitrogens with one attached hydrogen (secondary N) is 1. The summed E-state index contributed by atoms with van der Waals surface area (Å²) >= 11 is 5.64. The van der Waals surface area contributed by atoms with Gasteiger partial charge in [-0.3, -0.25) is 9.69 Å². The molecule has 1 fully saturated rings. The number of carbonyl (C=O) groups excluding carboxylic acids is 2. The predicted molar refractivity (Wildman–Crippen MR) is 128 cm³/mol. The van der Waals surface area contributed by atoms with Gasteiger partial charge in [0, 0.05) is 12.2 Å². The van der Waals surface area contributed by atoms with Crippen LogP contribution in [0.2, 0.25) is 11.1 Å². The molecule has 0 spiro atoms. The van der Waals surface area contributed by atoms with Crippen LogP contribution in [0.3, 0.4) is 0 Å². The number of nitrogens with zero attached hydrogens (tertiary/aromatic N) is 3. The Bertz CT molecular complexity index is 1130. The Morgan fingerprint density at radius 2 is 1.97 bits per heavy atom. The predicted octanol–water partition coefficient (Wildman–Crippen LogP) is 4.33. The van der Waals surface area contributed by atoms with Crippen LogP contribution in [0.5, 0.6) is 11.8 Å². The Kier molecular flexibility index (Phi) is 9.46. The lowest BCUT2D eigenvalue weighted by molar-refractivity contribution is -0.140. The van der Waals surface area contributed by atoms with Gasteiger partial charge in [-0.15, -0.1) is 5.10 Å². The number of rotatable bonds is 8. The number of hydrogen-bond donors (Lipinski definition) is 1. The number of benzene rings is 1. The van der Waals surface area contributed by atoms with Crippen LogP contribution in [-0.2, 0) is 9.53 Å². The van der Waals surface area contributed by atoms with E-state index in [-0.39, 0.29) is 29.4 Å². The third kappa shape index (κ3) is 9.04. The molecule has 0 bridgehead atoms. The lowest BCUT2D eigenvalue weighted by Gasteiger charge is -2.38. The fourth-order valence-corrected chi connectivity index (χ4v) is 6.19. The maximum absolute atomic E-state index is 13.6. The Morgan fingerprint density at radius 3 is 2.63 bits per heavy atom. The summed E-state index contributed by atoms with van der Waals surface area (Å²) in [5.74, 6) is -1.02. The van der Waals surface area contributed by atoms with Gasteiger partial charge in [0.1, 0.15) is 29.8 Å². The third-order valence-electron chi connectivity index (χ3n) is 5.15. The molecule has 3 rings (SSSR count). The topological polar surface area (TPSA) is 116 Å². The van der Waals surface area contributed by atoms with Crippen molar-refractivity contribution in [3.8, 4) is 11.8 Å². The third-order valence-corrected chi connectivity index (χ3v) is 8.06. The smallest absolute Gasteiger partial charge is 0.414 e. The van der Waals surface area contributed by atoms with Crippen molar-refractivity contribution in [2.24, 2.45) is 0 Å². The molecule has 0 aliphatic carbocycles. The van der Waals surface area contributed by atoms with Crippen molar-refractivity contribution in [3.05, 3.63) is 34.9 Å². The average molecular weight is 583 g/mol. The van der Waals surface area contributed by atoms with Gasteiger partial charge in [0.05, 0.1) is 11.4 Å². The number of halogens is 5. The molecule has 1 aliphatic heterocycles. The second kappa shape index (κ2) is 12.2. The van der Waals surface area contributed by atoms with E-state index >= 15 is 0 Å². The summed E-state index contributed by atoms with van der Waals surface area (Å²) < 4.78 is 71.8. The Hall–Kier alpha value is -3.07. The lowest BCUT2D eigenvalue weighted by Crippen LogP contribution is -2.55. The van der Waals surface area contributed by atoms with Gasteiger partial charge in [0.2, 0.25) is 11.8 Å². The van der Waals surface area contributed by atoms with Crippen LogP contribution < -0.4 is 14.5 Å². The van der Waals surface area contributed by atoms with Crippen LogP contribution in [0.4, 0.5) is 22.4 Å². The summed E-state index contributed by atoms with van der Waals surface area (Å²) in [4.78, 5) is 29.7. The highest BCUT2D eigenvalue weighted by Crippen LogP contribution is 2.32. The van der Waals surface area contributed by atoms with E-state index in [4.69, 9.17) is 30.2 Å². The highest BCUT2D eigenvalue weighted by Gasteiger charge is 2.39. The molecule has 0 saturated carbocycles. The van der Waals surface area contributed by atoms with Crippen molar-refractivity contribution < 1.29 is 45.8 Å². The van der Waals surface area contributed by atoms with Gasteiger partial charge in [-0.2, -0.15) is 13.2 Å². The van der Waals surface area contributed by atoms with Crippen LogP contribution in [0, 0.1) is 5.82 Å². The van der Waals surface area contributed by atoms with E-state index < -0.39 is 63.7 Å². The van der Waals surface area contributed by atoms with E-state index in [1.54, 1.807) is 20.8 Å². The van der Waals surface area contributed by atoms with E-state index in [0.29, 0.717) is 12.5 Å². The minimum Gasteiger partial charge on any atom is -0.484 e. The molecule has 1 N–H and O–H groups in total. The zero-order chi connectivity index (χ0) is 28.1. The van der Waals surface area contributed by atoms with Crippen molar-refractivity contribution in [3.63, 3.8) is 0 Å². The van der Waals surface area contributed by atoms with Gasteiger partial charge in [0.25, 0.3) is 0 Å². The lowest BCUT2D eigenvalue weighted by atomic mass is 10.2. The SMILES string of the molecule is CC(C)(C)OC(=O)N1C[Si@@H](NC(=O)COc2ccc(Cl)c(F)c2)CC[C@@H]1c1nnc(OCCC(F)(F)F)o1. The second-order valence-electron chi connectivity index (χ2n) is 9.47. The highest BCUT2D eigenvalue weighted by molar-refractivity contribution is 6.59. The Balaban J connectivity index is 1.63. The van der Waals surface area contributed by atoms with Gasteiger partial charge in [-0.1, -0.05) is 16.7 Å². The van der Waals surface area contributed by atoms with E-state index in [1.165, 1.54) is 17.0 Å². The van der Waals surface area contributed by atoms with Gasteiger partial charge in [0.15, 0.2) is 15.6 Å². The molecule has 1 aromatic carbocycles. The summed E-state index contributed by atoms with van der Waals surface area (Å²) in [5.41, 5.74) is -0.818. The van der Waals surface area contributed by atoms with Gasteiger partial charge >= 0.3 is 18.3 Å². The molecule has 10 nitrogen and oxygen atoms in total. The number of aromatic nitrogens is 2. The van der Waals surface area contributed by atoms with Crippen LogP contribution in [0.25, 0.3) is 0 Å². The van der Waals surface area contributed by atoms with Crippen molar-refractivity contribution in [1.82, 2.24) is 20.1 Å². The zero-order valence-corrected chi connectivity index (χ0v) is 22.7. The van der Waals surface area contributed by atoms with Gasteiger partial charge in [-0.05, 0) is 45.4 Å². The first-order chi connectivity index (χ1) is 17.7. The maximum atomic E-state index is 13.6. The molecule has 0 radical (unpaired) electrons. The molecule has 16 heteroatoms. The molecule has 38 heavy (non-hydrogen) atoms. The molecule has 0 unspecified atom stereocenters. The monoisotopic (exact) mass is 582 g/mol. The molecular formula is C22H27ClF4N4O6Si. The highest BCUT2D eigenvalue weighted by atomic mass is 35.5. The van der Waals surface area contributed by atoms with Crippen molar-refractivity contribution in [2.45, 2.75) is 57.5 Å². The number of amides is 2. The first-order valence-electron chi connectivity index (χ1n) is 11.6. The minimum atomic E-state index is -4.40. The Labute approximate surface area is 222 Å². The molecule has 210 valence electrons. The Morgan fingerprint density at radius 1 is 1.24 bits per heavy atom. The second-order valence-corrected chi connectivity index (χ2v) is 12.5. The van der Waals surface area contributed by atoms with E-state index in [0.717, 1.165) is 6.07 Å². The summed E-state index contributed by atoms with van der Waals surface area (Å²) in [6, 6.07) is 3.60. The molecule has 2 amide bonds. The number of ether oxygens (including phenoxy) is 3. The fraction of sp³-hybridized carbons (Fsp3) is 0.545. The first kappa shape index (κ1) is 29.5. The molecule has 2 aromatic rings. The zero-order valence-electron chi connectivity index (χ0n) is 20.8. The summed E-state index contributed by atoms with van der Waals surface area (Å²) in [5, 5.41) is 7.38. The largest absolute Gasteiger partial charge is 0.484 e. The van der Waals surface area contributed by atoms with Crippen molar-refractivity contribution >= 4 is 32.6 Å². The molecule has 2 atom stereocenters. The quantitative estimate of drug-likeness (QED) is 0.361. The van der Waals surface area contributed by atoms with Crippen LogP contribution in [-0.4, -0.2) is 67.2 Å². The van der Waals surface area contributed by atoms with Gasteiger partial charge < -0.3 is 23.6 Å². The standard InChI is InChI=1S/C22H27ClF4N4O6Si/c1-21(2,3)37-20(33)31-12-38(30-17(32)11-35-13-4-5-14(23)15(24)10-13)9-6-16(31)18-28-29-19(36-18)34-8-7-22(25,26)27/h4-5,10,16,38H,6-9,11-12H2,1-3H3,(H,30,32)/t16-,38+/m1/s1. The van der Waals surface area contributed by atoms with Gasteiger partial charge in [-0.25, -0.2) is 9.18 Å². The van der Waals surface area contributed by atoms with Crippen molar-refractivity contribution in [2.75, 3.05) is 19.4 Å². The maximum Gasteiger partial charge on any atom is 0.414 e. The molecular weight excluding hydrogens is 556 g/mol. The summed E-state index contributed by atoms with van der Waals surface area (Å²) in [6.45, 7) is 4.00. The molecule has 1 aliphatic rings. The summed E-state index contributed by atoms with van der Waals surface area (Å²) in [7, 11) is -2.10. The number of carbonyl (C=O) groups is 2. The number of hydrogen-bond acceptors (Lipinski definition) is 8. The fourth-order valence-electron chi connectivity index (χ4n) is 3.52. The average Bonchev–Trinajstić information content (AvgIpc) is 3.26. The molecule has 2 heterocycles. The van der Waals surface area contributed by atoms with E-state index in [2.05, 4.69) is 15.2 Å². The van der Waals surface area contributed by atoms with Crippen LogP contribution >= 0.6 is 11.6 Å².